The number of nitrogens with two attached hydrogens (primary N) is 1. The highest BCUT2D eigenvalue weighted by Crippen LogP contribution is 2.14. The largest absolute Gasteiger partial charge is 0.460 e. The van der Waals surface area contributed by atoms with Crippen LogP contribution in [0.1, 0.15) is 10.4 Å². The van der Waals surface area contributed by atoms with E-state index in [2.05, 4.69) is 5.10 Å². The molecule has 0 aliphatic carbocycles. The lowest BCUT2D eigenvalue weighted by atomic mass is 10.2. The molecule has 1 aromatic carbocycles. The van der Waals surface area contributed by atoms with Gasteiger partial charge in [0, 0.05) is 18.1 Å². The van der Waals surface area contributed by atoms with E-state index in [1.807, 2.05) is 0 Å². The van der Waals surface area contributed by atoms with E-state index in [-0.39, 0.29) is 17.9 Å². The molecule has 5 nitrogen and oxygen atoms in total. The molecule has 0 unspecified atom stereocenters. The highest BCUT2D eigenvalue weighted by atomic mass is 19.1. The highest BCUT2D eigenvalue weighted by molar-refractivity contribution is 5.94. The molecule has 94 valence electrons. The van der Waals surface area contributed by atoms with Gasteiger partial charge in [-0.3, -0.25) is 4.68 Å². The predicted molar refractivity (Wildman–Crippen MR) is 63.3 cm³/mol. The van der Waals surface area contributed by atoms with Gasteiger partial charge in [0.1, 0.15) is 12.4 Å². The summed E-state index contributed by atoms with van der Waals surface area (Å²) in [6.07, 6.45) is 3.40. The number of hydrogen-bond donors (Lipinski definition) is 1. The Labute approximate surface area is 103 Å². The molecule has 0 fully saturated rings. The van der Waals surface area contributed by atoms with E-state index in [4.69, 9.17) is 10.5 Å². The van der Waals surface area contributed by atoms with Gasteiger partial charge in [-0.1, -0.05) is 0 Å². The average molecular weight is 249 g/mol. The first kappa shape index (κ1) is 12.1. The first-order valence-electron chi connectivity index (χ1n) is 5.36. The summed E-state index contributed by atoms with van der Waals surface area (Å²) < 4.78 is 19.5. The minimum absolute atomic E-state index is 0.0686. The molecule has 2 aromatic rings. The molecule has 0 amide bonds. The summed E-state index contributed by atoms with van der Waals surface area (Å²) in [5, 5.41) is 3.97. The van der Waals surface area contributed by atoms with Crippen LogP contribution in [0, 0.1) is 5.82 Å². The summed E-state index contributed by atoms with van der Waals surface area (Å²) >= 11 is 0. The zero-order valence-electron chi connectivity index (χ0n) is 9.54. The van der Waals surface area contributed by atoms with Gasteiger partial charge in [-0.15, -0.1) is 0 Å². The van der Waals surface area contributed by atoms with Crippen molar-refractivity contribution in [2.45, 2.75) is 6.54 Å². The maximum atomic E-state index is 12.8. The third-order valence-electron chi connectivity index (χ3n) is 2.35. The smallest absolute Gasteiger partial charge is 0.340 e. The summed E-state index contributed by atoms with van der Waals surface area (Å²) in [6.45, 7) is 0.636. The summed E-state index contributed by atoms with van der Waals surface area (Å²) in [7, 11) is 0. The molecule has 2 N–H and O–H groups in total. The number of carbonyl (C=O) groups is 1. The van der Waals surface area contributed by atoms with E-state index in [0.717, 1.165) is 6.07 Å². The molecule has 0 aliphatic rings. The van der Waals surface area contributed by atoms with Crippen LogP contribution in [0.2, 0.25) is 0 Å². The Kier molecular flexibility index (Phi) is 3.57. The molecule has 0 aliphatic heterocycles. The average Bonchev–Trinajstić information content (AvgIpc) is 2.81. The van der Waals surface area contributed by atoms with Crippen LogP contribution < -0.4 is 5.73 Å². The summed E-state index contributed by atoms with van der Waals surface area (Å²) in [6, 6.07) is 5.34. The molecule has 0 saturated carbocycles. The molecule has 2 rings (SSSR count). The Balaban J connectivity index is 1.91. The van der Waals surface area contributed by atoms with Gasteiger partial charge in [-0.2, -0.15) is 5.10 Å². The number of nitrogens with zero attached hydrogens (tertiary/aromatic N) is 2. The number of halogens is 1. The number of carbonyl (C=O) groups excluding carboxylic acids is 1. The van der Waals surface area contributed by atoms with Crippen LogP contribution in [0.3, 0.4) is 0 Å². The number of aromatic nitrogens is 2. The van der Waals surface area contributed by atoms with E-state index < -0.39 is 11.8 Å². The van der Waals surface area contributed by atoms with E-state index in [1.54, 1.807) is 23.1 Å². The molecule has 1 aromatic heterocycles. The fourth-order valence-corrected chi connectivity index (χ4v) is 1.46. The Bertz CT molecular complexity index is 540. The molecule has 0 bridgehead atoms. The summed E-state index contributed by atoms with van der Waals surface area (Å²) in [4.78, 5) is 11.7. The number of benzene rings is 1. The maximum Gasteiger partial charge on any atom is 0.340 e. The van der Waals surface area contributed by atoms with Crippen LogP contribution in [0.5, 0.6) is 0 Å². The molecule has 0 atom stereocenters. The minimum Gasteiger partial charge on any atom is -0.460 e. The number of nitrogen functional groups attached to an aromatic ring is 1. The van der Waals surface area contributed by atoms with Crippen LogP contribution in [0.4, 0.5) is 10.1 Å². The fraction of sp³-hybridized carbons (Fsp3) is 0.167. The van der Waals surface area contributed by atoms with Crippen molar-refractivity contribution in [1.82, 2.24) is 9.78 Å². The van der Waals surface area contributed by atoms with E-state index in [1.165, 1.54) is 12.1 Å². The molecule has 0 saturated heterocycles. The number of hydrogen-bond acceptors (Lipinski definition) is 4. The van der Waals surface area contributed by atoms with Gasteiger partial charge in [0.15, 0.2) is 0 Å². The number of esters is 1. The molecule has 1 heterocycles. The van der Waals surface area contributed by atoms with Crippen molar-refractivity contribution in [3.05, 3.63) is 48.0 Å². The highest BCUT2D eigenvalue weighted by Gasteiger charge is 2.11. The van der Waals surface area contributed by atoms with Crippen molar-refractivity contribution >= 4 is 11.7 Å². The first-order chi connectivity index (χ1) is 8.66. The van der Waals surface area contributed by atoms with Crippen LogP contribution in [-0.4, -0.2) is 22.4 Å². The third kappa shape index (κ3) is 2.85. The van der Waals surface area contributed by atoms with Crippen molar-refractivity contribution in [3.63, 3.8) is 0 Å². The monoisotopic (exact) mass is 249 g/mol. The standard InChI is InChI=1S/C12H12FN3O2/c13-9-2-3-10(11(14)8-9)12(17)18-7-6-16-5-1-4-15-16/h1-5,8H,6-7,14H2. The second-order valence-corrected chi connectivity index (χ2v) is 3.64. The zero-order chi connectivity index (χ0) is 13.0. The number of rotatable bonds is 4. The Hall–Kier alpha value is -2.37. The van der Waals surface area contributed by atoms with Gasteiger partial charge in [-0.25, -0.2) is 9.18 Å². The Morgan fingerprint density at radius 1 is 1.50 bits per heavy atom. The molecular weight excluding hydrogens is 237 g/mol. The van der Waals surface area contributed by atoms with Gasteiger partial charge in [-0.05, 0) is 24.3 Å². The van der Waals surface area contributed by atoms with Gasteiger partial charge >= 0.3 is 5.97 Å². The lowest BCUT2D eigenvalue weighted by molar-refractivity contribution is 0.0489. The second kappa shape index (κ2) is 5.31. The molecule has 6 heteroatoms. The van der Waals surface area contributed by atoms with Crippen molar-refractivity contribution in [2.75, 3.05) is 12.3 Å². The Morgan fingerprint density at radius 2 is 2.33 bits per heavy atom. The minimum atomic E-state index is -0.570. The van der Waals surface area contributed by atoms with E-state index in [0.29, 0.717) is 6.54 Å². The van der Waals surface area contributed by atoms with E-state index >= 15 is 0 Å². The predicted octanol–water partition coefficient (Wildman–Crippen LogP) is 1.46. The van der Waals surface area contributed by atoms with Crippen molar-refractivity contribution < 1.29 is 13.9 Å². The van der Waals surface area contributed by atoms with Crippen molar-refractivity contribution in [3.8, 4) is 0 Å². The lowest BCUT2D eigenvalue weighted by Gasteiger charge is -2.07. The first-order valence-corrected chi connectivity index (χ1v) is 5.36. The molecule has 0 spiro atoms. The summed E-state index contributed by atoms with van der Waals surface area (Å²) in [5.41, 5.74) is 5.76. The van der Waals surface area contributed by atoms with Crippen LogP contribution >= 0.6 is 0 Å². The number of ether oxygens (including phenoxy) is 1. The normalized spacial score (nSPS) is 10.3. The second-order valence-electron chi connectivity index (χ2n) is 3.64. The topological polar surface area (TPSA) is 70.1 Å². The molecule has 18 heavy (non-hydrogen) atoms. The third-order valence-corrected chi connectivity index (χ3v) is 2.35. The fourth-order valence-electron chi connectivity index (χ4n) is 1.46. The van der Waals surface area contributed by atoms with Crippen LogP contribution in [0.15, 0.2) is 36.7 Å². The quantitative estimate of drug-likeness (QED) is 0.658. The van der Waals surface area contributed by atoms with Gasteiger partial charge in [0.05, 0.1) is 12.1 Å². The van der Waals surface area contributed by atoms with Gasteiger partial charge in [0.25, 0.3) is 0 Å². The Morgan fingerprint density at radius 3 is 3.00 bits per heavy atom. The van der Waals surface area contributed by atoms with Gasteiger partial charge in [0.2, 0.25) is 0 Å². The van der Waals surface area contributed by atoms with Crippen molar-refractivity contribution in [2.24, 2.45) is 0 Å². The van der Waals surface area contributed by atoms with E-state index in [9.17, 15) is 9.18 Å². The van der Waals surface area contributed by atoms with Gasteiger partial charge < -0.3 is 10.5 Å². The van der Waals surface area contributed by atoms with Crippen molar-refractivity contribution in [1.29, 1.82) is 0 Å². The van der Waals surface area contributed by atoms with Crippen LogP contribution in [0.25, 0.3) is 0 Å². The molecular formula is C12H12FN3O2. The molecule has 0 radical (unpaired) electrons. The maximum absolute atomic E-state index is 12.8. The number of anilines is 1. The van der Waals surface area contributed by atoms with Crippen LogP contribution in [-0.2, 0) is 11.3 Å². The lowest BCUT2D eigenvalue weighted by Crippen LogP contribution is -2.13. The SMILES string of the molecule is Nc1cc(F)ccc1C(=O)OCCn1cccn1. The zero-order valence-corrected chi connectivity index (χ0v) is 9.54. The summed E-state index contributed by atoms with van der Waals surface area (Å²) in [5.74, 6) is -1.06.